The van der Waals surface area contributed by atoms with Crippen molar-refractivity contribution in [3.63, 3.8) is 0 Å². The second-order valence-electron chi connectivity index (χ2n) is 27.7. The lowest BCUT2D eigenvalue weighted by molar-refractivity contribution is -0.143. The molecule has 0 aliphatic heterocycles. The second kappa shape index (κ2) is 77.5. The van der Waals surface area contributed by atoms with Crippen LogP contribution in [-0.2, 0) is 14.3 Å². The van der Waals surface area contributed by atoms with Gasteiger partial charge < -0.3 is 20.3 Å². The van der Waals surface area contributed by atoms with Crippen molar-refractivity contribution in [1.29, 1.82) is 0 Å². The number of unbranched alkanes of at least 4 members (excludes halogenated alkanes) is 61. The van der Waals surface area contributed by atoms with Gasteiger partial charge in [-0.2, -0.15) is 0 Å². The van der Waals surface area contributed by atoms with Gasteiger partial charge in [-0.15, -0.1) is 0 Å². The third-order valence-corrected chi connectivity index (χ3v) is 18.9. The summed E-state index contributed by atoms with van der Waals surface area (Å²) in [4.78, 5) is 24.6. The van der Waals surface area contributed by atoms with Crippen LogP contribution >= 0.6 is 0 Å². The minimum atomic E-state index is -0.843. The van der Waals surface area contributed by atoms with E-state index in [0.717, 1.165) is 44.9 Å². The summed E-state index contributed by atoms with van der Waals surface area (Å²) in [6.07, 6.45) is 101. The minimum Gasteiger partial charge on any atom is -0.466 e. The molecule has 2 unspecified atom stereocenters. The number of esters is 1. The zero-order valence-electron chi connectivity index (χ0n) is 59.7. The second-order valence-corrected chi connectivity index (χ2v) is 27.7. The number of nitrogens with one attached hydrogen (secondary N) is 1. The van der Waals surface area contributed by atoms with Crippen LogP contribution in [0.3, 0.4) is 0 Å². The number of amides is 1. The maximum absolute atomic E-state index is 12.6. The van der Waals surface area contributed by atoms with Crippen LogP contribution in [0, 0.1) is 0 Å². The first-order chi connectivity index (χ1) is 43.5. The average Bonchev–Trinajstić information content (AvgIpc) is 3.57. The van der Waals surface area contributed by atoms with Crippen molar-refractivity contribution in [2.24, 2.45) is 0 Å². The van der Waals surface area contributed by atoms with Crippen molar-refractivity contribution < 1.29 is 24.5 Å². The van der Waals surface area contributed by atoms with E-state index in [1.807, 2.05) is 6.08 Å². The molecule has 6 heteroatoms. The predicted octanol–water partition coefficient (Wildman–Crippen LogP) is 26.6. The van der Waals surface area contributed by atoms with Gasteiger partial charge in [0.25, 0.3) is 0 Å². The van der Waals surface area contributed by atoms with E-state index in [9.17, 15) is 19.8 Å². The highest BCUT2D eigenvalue weighted by molar-refractivity contribution is 5.76. The van der Waals surface area contributed by atoms with E-state index in [-0.39, 0.29) is 18.5 Å². The molecule has 0 spiro atoms. The Morgan fingerprint density at radius 2 is 0.545 bits per heavy atom. The molecule has 0 aliphatic rings. The SMILES string of the molecule is CCCC/C=C\CCCCCCCC(=O)OCCCCCCCCCCCCCCCCCC/C=C\CCCCCCCCCCCCCCCCCCCC(=O)NC(CO)C(O)/C=C/CCCCCCCCCCCCCCCCCCCCCCC. The van der Waals surface area contributed by atoms with Crippen LogP contribution in [-0.4, -0.2) is 47.4 Å². The third kappa shape index (κ3) is 73.1. The summed E-state index contributed by atoms with van der Waals surface area (Å²) in [5.74, 6) is -0.0484. The Balaban J connectivity index is 3.36. The Labute approximate surface area is 551 Å². The maximum Gasteiger partial charge on any atom is 0.305 e. The van der Waals surface area contributed by atoms with E-state index in [0.29, 0.717) is 19.4 Å². The number of ether oxygens (including phenoxy) is 1. The smallest absolute Gasteiger partial charge is 0.305 e. The van der Waals surface area contributed by atoms with Crippen LogP contribution in [0.25, 0.3) is 0 Å². The molecule has 1 amide bonds. The molecular formula is C82H157NO5. The normalized spacial score (nSPS) is 12.6. The number of hydrogen-bond acceptors (Lipinski definition) is 5. The summed E-state index contributed by atoms with van der Waals surface area (Å²) in [6.45, 7) is 4.91. The lowest BCUT2D eigenvalue weighted by Gasteiger charge is -2.20. The van der Waals surface area contributed by atoms with Gasteiger partial charge in [0.2, 0.25) is 5.91 Å². The molecule has 0 radical (unpaired) electrons. The zero-order chi connectivity index (χ0) is 63.5. The highest BCUT2D eigenvalue weighted by Gasteiger charge is 2.18. The fourth-order valence-corrected chi connectivity index (χ4v) is 12.7. The molecule has 0 saturated heterocycles. The van der Waals surface area contributed by atoms with E-state index in [2.05, 4.69) is 43.5 Å². The number of hydrogen-bond donors (Lipinski definition) is 3. The van der Waals surface area contributed by atoms with E-state index >= 15 is 0 Å². The van der Waals surface area contributed by atoms with Gasteiger partial charge in [-0.05, 0) is 77.0 Å². The van der Waals surface area contributed by atoms with Crippen molar-refractivity contribution in [1.82, 2.24) is 5.32 Å². The Hall–Kier alpha value is -1.92. The van der Waals surface area contributed by atoms with Gasteiger partial charge in [-0.1, -0.05) is 397 Å². The summed E-state index contributed by atoms with van der Waals surface area (Å²) in [5, 5.41) is 23.3. The Morgan fingerprint density at radius 3 is 0.841 bits per heavy atom. The number of carbonyl (C=O) groups is 2. The molecule has 3 N–H and O–H groups in total. The first-order valence-corrected chi connectivity index (χ1v) is 40.3. The maximum atomic E-state index is 12.6. The molecule has 0 fully saturated rings. The molecule has 0 aliphatic carbocycles. The summed E-state index contributed by atoms with van der Waals surface area (Å²) in [6, 6.07) is -0.626. The minimum absolute atomic E-state index is 0.0106. The van der Waals surface area contributed by atoms with Crippen LogP contribution in [0.2, 0.25) is 0 Å². The van der Waals surface area contributed by atoms with Gasteiger partial charge >= 0.3 is 5.97 Å². The van der Waals surface area contributed by atoms with Crippen molar-refractivity contribution in [3.8, 4) is 0 Å². The molecule has 0 aromatic rings. The number of carbonyl (C=O) groups excluding carboxylic acids is 2. The van der Waals surface area contributed by atoms with E-state index < -0.39 is 12.1 Å². The molecule has 0 bridgehead atoms. The molecule has 520 valence electrons. The molecule has 0 aromatic heterocycles. The van der Waals surface area contributed by atoms with E-state index in [1.54, 1.807) is 6.08 Å². The van der Waals surface area contributed by atoms with E-state index in [1.165, 1.54) is 379 Å². The number of rotatable bonds is 76. The van der Waals surface area contributed by atoms with Gasteiger partial charge in [-0.3, -0.25) is 9.59 Å². The lowest BCUT2D eigenvalue weighted by atomic mass is 10.0. The number of aliphatic hydroxyl groups excluding tert-OH is 2. The van der Waals surface area contributed by atoms with Gasteiger partial charge in [0, 0.05) is 12.8 Å². The Kier molecular flexibility index (Phi) is 75.8. The summed E-state index contributed by atoms with van der Waals surface area (Å²) in [7, 11) is 0. The third-order valence-electron chi connectivity index (χ3n) is 18.9. The number of aliphatic hydroxyl groups is 2. The van der Waals surface area contributed by atoms with Crippen molar-refractivity contribution in [2.45, 2.75) is 463 Å². The molecule has 2 atom stereocenters. The lowest BCUT2D eigenvalue weighted by Crippen LogP contribution is -2.45. The van der Waals surface area contributed by atoms with Crippen molar-refractivity contribution in [2.75, 3.05) is 13.2 Å². The average molecular weight is 1240 g/mol. The van der Waals surface area contributed by atoms with Gasteiger partial charge in [-0.25, -0.2) is 0 Å². The van der Waals surface area contributed by atoms with Crippen LogP contribution in [0.1, 0.15) is 450 Å². The van der Waals surface area contributed by atoms with Gasteiger partial charge in [0.1, 0.15) is 0 Å². The summed E-state index contributed by atoms with van der Waals surface area (Å²) in [5.41, 5.74) is 0. The topological polar surface area (TPSA) is 95.9 Å². The highest BCUT2D eigenvalue weighted by atomic mass is 16.5. The van der Waals surface area contributed by atoms with Crippen LogP contribution in [0.5, 0.6) is 0 Å². The largest absolute Gasteiger partial charge is 0.466 e. The monoisotopic (exact) mass is 1240 g/mol. The highest BCUT2D eigenvalue weighted by Crippen LogP contribution is 2.20. The molecular weight excluding hydrogens is 1080 g/mol. The molecule has 88 heavy (non-hydrogen) atoms. The zero-order valence-corrected chi connectivity index (χ0v) is 59.7. The first kappa shape index (κ1) is 86.1. The van der Waals surface area contributed by atoms with Crippen LogP contribution < -0.4 is 5.32 Å². The van der Waals surface area contributed by atoms with Crippen molar-refractivity contribution in [3.05, 3.63) is 36.5 Å². The van der Waals surface area contributed by atoms with Crippen molar-refractivity contribution >= 4 is 11.9 Å². The Bertz CT molecular complexity index is 1430. The molecule has 0 aromatic carbocycles. The van der Waals surface area contributed by atoms with Gasteiger partial charge in [0.15, 0.2) is 0 Å². The quantitative estimate of drug-likeness (QED) is 0.0320. The standard InChI is InChI=1S/C82H157NO5/c1-3-5-7-9-11-13-15-16-17-18-19-20-36-39-42-45-48-51-55-58-62-66-70-74-80(85)79(78-84)83-81(86)75-71-67-63-59-56-52-49-46-43-40-37-34-32-30-28-26-24-22-21-23-25-27-29-31-33-35-38-41-44-47-50-53-57-61-65-69-73-77-88-82(87)76-72-68-64-60-54-14-12-10-8-6-4-2/h10,12,21,23,70,74,79-80,84-85H,3-9,11,13-20,22,24-69,71-73,75-78H2,1-2H3,(H,83,86)/b12-10-,23-21-,74-70+. The molecule has 0 rings (SSSR count). The number of allylic oxidation sites excluding steroid dienone is 5. The van der Waals surface area contributed by atoms with Crippen LogP contribution in [0.4, 0.5) is 0 Å². The summed E-state index contributed by atoms with van der Waals surface area (Å²) < 4.78 is 5.47. The van der Waals surface area contributed by atoms with E-state index in [4.69, 9.17) is 4.74 Å². The molecule has 0 saturated carbocycles. The predicted molar refractivity (Wildman–Crippen MR) is 389 cm³/mol. The first-order valence-electron chi connectivity index (χ1n) is 40.3. The van der Waals surface area contributed by atoms with Crippen LogP contribution in [0.15, 0.2) is 36.5 Å². The fourth-order valence-electron chi connectivity index (χ4n) is 12.7. The molecule has 6 nitrogen and oxygen atoms in total. The molecule has 0 heterocycles. The Morgan fingerprint density at radius 1 is 0.307 bits per heavy atom. The summed E-state index contributed by atoms with van der Waals surface area (Å²) >= 11 is 0. The van der Waals surface area contributed by atoms with Gasteiger partial charge in [0.05, 0.1) is 25.4 Å². The fraction of sp³-hybridized carbons (Fsp3) is 0.902.